The molecular weight excluding hydrogens is 588 g/mol. The third kappa shape index (κ3) is 8.51. The number of benzene rings is 3. The van der Waals surface area contributed by atoms with Gasteiger partial charge in [-0.3, -0.25) is 9.69 Å². The van der Waals surface area contributed by atoms with Crippen LogP contribution in [0.25, 0.3) is 16.3 Å². The van der Waals surface area contributed by atoms with Crippen LogP contribution < -0.4 is 10.2 Å². The van der Waals surface area contributed by atoms with Gasteiger partial charge < -0.3 is 14.6 Å². The first-order valence-electron chi connectivity index (χ1n) is 15.2. The van der Waals surface area contributed by atoms with Crippen molar-refractivity contribution in [3.63, 3.8) is 0 Å². The summed E-state index contributed by atoms with van der Waals surface area (Å²) in [5.74, 6) is 0.373. The van der Waals surface area contributed by atoms with Gasteiger partial charge in [0.25, 0.3) is 5.91 Å². The molecule has 1 saturated heterocycles. The molecule has 4 aromatic rings. The van der Waals surface area contributed by atoms with Crippen molar-refractivity contribution in [2.75, 3.05) is 19.8 Å². The Morgan fingerprint density at radius 1 is 0.978 bits per heavy atom. The maximum absolute atomic E-state index is 12.8. The quantitative estimate of drug-likeness (QED) is 0.163. The van der Waals surface area contributed by atoms with Crippen LogP contribution in [0.4, 0.5) is 4.79 Å². The van der Waals surface area contributed by atoms with Crippen molar-refractivity contribution >= 4 is 39.7 Å². The van der Waals surface area contributed by atoms with E-state index in [4.69, 9.17) is 14.3 Å². The molecule has 2 heterocycles. The van der Waals surface area contributed by atoms with E-state index in [-0.39, 0.29) is 31.0 Å². The predicted molar refractivity (Wildman–Crippen MR) is 177 cm³/mol. The van der Waals surface area contributed by atoms with E-state index in [0.29, 0.717) is 12.2 Å². The molecule has 0 aliphatic carbocycles. The molecule has 0 spiro atoms. The molecule has 8 nitrogen and oxygen atoms in total. The second kappa shape index (κ2) is 14.7. The zero-order valence-electron chi connectivity index (χ0n) is 26.0. The number of carboxylic acid groups (broad SMARTS) is 1. The average Bonchev–Trinajstić information content (AvgIpc) is 3.55. The smallest absolute Gasteiger partial charge is 0.407 e. The van der Waals surface area contributed by atoms with Gasteiger partial charge in [0.2, 0.25) is 0 Å². The zero-order chi connectivity index (χ0) is 31.8. The van der Waals surface area contributed by atoms with Crippen LogP contribution in [0.1, 0.15) is 60.8 Å². The summed E-state index contributed by atoms with van der Waals surface area (Å²) in [6.07, 6.45) is 1.28. The minimum atomic E-state index is -1.01. The molecule has 1 aromatic heterocycles. The van der Waals surface area contributed by atoms with Gasteiger partial charge in [0.05, 0.1) is 6.54 Å². The Labute approximate surface area is 268 Å². The van der Waals surface area contributed by atoms with Crippen molar-refractivity contribution in [3.8, 4) is 5.75 Å². The number of carbonyl (C=O) groups is 2. The van der Waals surface area contributed by atoms with Gasteiger partial charge in [-0.05, 0) is 70.0 Å². The molecule has 0 saturated carbocycles. The molecule has 45 heavy (non-hydrogen) atoms. The Balaban J connectivity index is 1.46. The van der Waals surface area contributed by atoms with Crippen molar-refractivity contribution in [3.05, 3.63) is 106 Å². The standard InChI is InChI=1S/C36H40N2O6S/c1-36(2,3)33(26-16-18-27(19-17-26)34(39)37-44-32-15-6-7-20-42-32)28(22-38(35(40)41)23-29-12-9-21-45-29)24-43-31-14-8-11-25-10-4-5-13-30(25)31/h4-5,8-14,16-19,21,32H,6-7,15,20,22-24H2,1-3H3,(H,37,39)(H,40,41). The number of nitrogens with zero attached hydrogens (tertiary/aromatic N) is 1. The Hall–Kier alpha value is -4.18. The molecular formula is C36H40N2O6S. The molecule has 0 bridgehead atoms. The number of hydroxylamine groups is 1. The number of amides is 2. The lowest BCUT2D eigenvalue weighted by Crippen LogP contribution is -2.33. The summed E-state index contributed by atoms with van der Waals surface area (Å²) < 4.78 is 12.0. The molecule has 5 rings (SSSR count). The summed E-state index contributed by atoms with van der Waals surface area (Å²) in [6.45, 7) is 7.53. The first-order valence-corrected chi connectivity index (χ1v) is 16.1. The first-order chi connectivity index (χ1) is 21.7. The number of nitrogens with one attached hydrogen (secondary N) is 1. The number of rotatable bonds is 11. The summed E-state index contributed by atoms with van der Waals surface area (Å²) in [4.78, 5) is 33.2. The van der Waals surface area contributed by atoms with E-state index in [0.717, 1.165) is 57.4 Å². The van der Waals surface area contributed by atoms with E-state index in [1.54, 1.807) is 12.1 Å². The lowest BCUT2D eigenvalue weighted by atomic mass is 9.79. The molecule has 1 unspecified atom stereocenters. The highest BCUT2D eigenvalue weighted by Gasteiger charge is 2.27. The Morgan fingerprint density at radius 2 is 1.73 bits per heavy atom. The highest BCUT2D eigenvalue weighted by Crippen LogP contribution is 2.38. The fourth-order valence-corrected chi connectivity index (χ4v) is 6.35. The predicted octanol–water partition coefficient (Wildman–Crippen LogP) is 8.15. The van der Waals surface area contributed by atoms with E-state index >= 15 is 0 Å². The highest BCUT2D eigenvalue weighted by atomic mass is 32.1. The van der Waals surface area contributed by atoms with Gasteiger partial charge in [-0.1, -0.05) is 75.4 Å². The van der Waals surface area contributed by atoms with Crippen LogP contribution in [0.3, 0.4) is 0 Å². The van der Waals surface area contributed by atoms with Gasteiger partial charge in [-0.15, -0.1) is 11.3 Å². The zero-order valence-corrected chi connectivity index (χ0v) is 26.8. The van der Waals surface area contributed by atoms with Crippen molar-refractivity contribution in [1.29, 1.82) is 0 Å². The van der Waals surface area contributed by atoms with Crippen molar-refractivity contribution in [1.82, 2.24) is 10.4 Å². The normalized spacial score (nSPS) is 15.8. The topological polar surface area (TPSA) is 97.3 Å². The summed E-state index contributed by atoms with van der Waals surface area (Å²) in [5, 5.41) is 14.2. The lowest BCUT2D eigenvalue weighted by Gasteiger charge is -2.30. The van der Waals surface area contributed by atoms with Crippen LogP contribution in [-0.2, 0) is 16.1 Å². The number of fused-ring (bicyclic) bond motifs is 1. The third-order valence-electron chi connectivity index (χ3n) is 7.69. The van der Waals surface area contributed by atoms with Gasteiger partial charge in [0.1, 0.15) is 12.4 Å². The number of hydrogen-bond acceptors (Lipinski definition) is 6. The van der Waals surface area contributed by atoms with Crippen LogP contribution in [0.5, 0.6) is 5.75 Å². The maximum atomic E-state index is 12.8. The maximum Gasteiger partial charge on any atom is 0.407 e. The molecule has 2 amide bonds. The molecule has 9 heteroatoms. The van der Waals surface area contributed by atoms with Gasteiger partial charge in [0.15, 0.2) is 6.29 Å². The van der Waals surface area contributed by atoms with E-state index < -0.39 is 12.4 Å². The van der Waals surface area contributed by atoms with Gasteiger partial charge >= 0.3 is 6.09 Å². The first kappa shape index (κ1) is 32.2. The fraction of sp³-hybridized carbons (Fsp3) is 0.333. The molecule has 236 valence electrons. The SMILES string of the molecule is CC(C)(C)C(=C(COc1cccc2ccccc12)CN(Cc1cccs1)C(=O)O)c1ccc(C(=O)NOC2CCCCO2)cc1. The monoisotopic (exact) mass is 628 g/mol. The van der Waals surface area contributed by atoms with Gasteiger partial charge in [0, 0.05) is 35.4 Å². The lowest BCUT2D eigenvalue weighted by molar-refractivity contribution is -0.186. The minimum absolute atomic E-state index is 0.155. The minimum Gasteiger partial charge on any atom is -0.489 e. The molecule has 3 aromatic carbocycles. The van der Waals surface area contributed by atoms with Crippen LogP contribution >= 0.6 is 11.3 Å². The van der Waals surface area contributed by atoms with Crippen LogP contribution in [-0.4, -0.2) is 48.1 Å². The second-order valence-electron chi connectivity index (χ2n) is 12.1. The average molecular weight is 629 g/mol. The second-order valence-corrected chi connectivity index (χ2v) is 13.2. The highest BCUT2D eigenvalue weighted by molar-refractivity contribution is 7.09. The molecule has 0 radical (unpaired) electrons. The van der Waals surface area contributed by atoms with E-state index in [2.05, 4.69) is 26.3 Å². The van der Waals surface area contributed by atoms with Gasteiger partial charge in [-0.2, -0.15) is 0 Å². The largest absolute Gasteiger partial charge is 0.489 e. The Kier molecular flexibility index (Phi) is 10.5. The summed E-state index contributed by atoms with van der Waals surface area (Å²) in [6, 6.07) is 25.1. The summed E-state index contributed by atoms with van der Waals surface area (Å²) in [7, 11) is 0. The molecule has 1 aliphatic heterocycles. The number of allylic oxidation sites excluding steroid dienone is 1. The molecule has 1 atom stereocenters. The van der Waals surface area contributed by atoms with Crippen molar-refractivity contribution < 1.29 is 29.0 Å². The van der Waals surface area contributed by atoms with Crippen LogP contribution in [0.15, 0.2) is 89.8 Å². The number of thiophene rings is 1. The van der Waals surface area contributed by atoms with E-state index in [9.17, 15) is 14.7 Å². The fourth-order valence-electron chi connectivity index (χ4n) is 5.63. The molecule has 1 aliphatic rings. The molecule has 1 fully saturated rings. The van der Waals surface area contributed by atoms with Crippen molar-refractivity contribution in [2.45, 2.75) is 52.9 Å². The Morgan fingerprint density at radius 3 is 2.42 bits per heavy atom. The van der Waals surface area contributed by atoms with Gasteiger partial charge in [-0.25, -0.2) is 15.1 Å². The number of ether oxygens (including phenoxy) is 2. The van der Waals surface area contributed by atoms with Crippen LogP contribution in [0, 0.1) is 5.41 Å². The number of hydrogen-bond donors (Lipinski definition) is 2. The van der Waals surface area contributed by atoms with E-state index in [1.165, 1.54) is 16.2 Å². The summed E-state index contributed by atoms with van der Waals surface area (Å²) in [5.41, 5.74) is 5.26. The Bertz CT molecular complexity index is 1610. The third-order valence-corrected chi connectivity index (χ3v) is 8.55. The summed E-state index contributed by atoms with van der Waals surface area (Å²) >= 11 is 1.53. The molecule has 2 N–H and O–H groups in total. The van der Waals surface area contributed by atoms with Crippen LogP contribution in [0.2, 0.25) is 0 Å². The number of carbonyl (C=O) groups excluding carboxylic acids is 1. The van der Waals surface area contributed by atoms with E-state index in [1.807, 2.05) is 72.1 Å². The van der Waals surface area contributed by atoms with Crippen molar-refractivity contribution in [2.24, 2.45) is 5.41 Å².